The van der Waals surface area contributed by atoms with Crippen LogP contribution in [0.15, 0.2) is 78.9 Å². The molecular weight excluding hydrogens is 386 g/mol. The molecular formula is C26H27N3O2. The quantitative estimate of drug-likeness (QED) is 0.486. The fourth-order valence-corrected chi connectivity index (χ4v) is 3.32. The molecule has 1 atom stereocenters. The van der Waals surface area contributed by atoms with E-state index in [-0.39, 0.29) is 18.0 Å². The number of hydrogen-bond acceptors (Lipinski definition) is 3. The molecule has 0 saturated carbocycles. The van der Waals surface area contributed by atoms with Gasteiger partial charge >= 0.3 is 6.03 Å². The van der Waals surface area contributed by atoms with Crippen LogP contribution in [-0.4, -0.2) is 6.03 Å². The minimum Gasteiger partial charge on any atom is -0.489 e. The molecule has 0 radical (unpaired) electrons. The summed E-state index contributed by atoms with van der Waals surface area (Å²) in [6.45, 7) is 4.49. The first-order valence-electron chi connectivity index (χ1n) is 10.4. The van der Waals surface area contributed by atoms with Gasteiger partial charge in [0.15, 0.2) is 0 Å². The Bertz CT molecular complexity index is 1020. The van der Waals surface area contributed by atoms with Crippen LogP contribution in [0, 0.1) is 17.2 Å². The van der Waals surface area contributed by atoms with Gasteiger partial charge < -0.3 is 15.4 Å². The van der Waals surface area contributed by atoms with Gasteiger partial charge in [0.25, 0.3) is 0 Å². The van der Waals surface area contributed by atoms with Crippen molar-refractivity contribution in [2.24, 2.45) is 5.92 Å². The fraction of sp³-hybridized carbons (Fsp3) is 0.231. The van der Waals surface area contributed by atoms with Gasteiger partial charge in [-0.1, -0.05) is 74.5 Å². The SMILES string of the molecule is CC(C)C(NC(=O)Nc1ccccc1COc1ccc(CC#N)cc1)c1ccccc1. The van der Waals surface area contributed by atoms with Crippen LogP contribution in [0.4, 0.5) is 10.5 Å². The Morgan fingerprint density at radius 3 is 2.32 bits per heavy atom. The molecule has 3 rings (SSSR count). The van der Waals surface area contributed by atoms with Crippen LogP contribution in [0.1, 0.15) is 36.6 Å². The Morgan fingerprint density at radius 2 is 1.65 bits per heavy atom. The highest BCUT2D eigenvalue weighted by Crippen LogP contribution is 2.23. The number of nitrogens with zero attached hydrogens (tertiary/aromatic N) is 1. The van der Waals surface area contributed by atoms with Crippen molar-refractivity contribution in [1.82, 2.24) is 5.32 Å². The minimum atomic E-state index is -0.254. The minimum absolute atomic E-state index is 0.0865. The van der Waals surface area contributed by atoms with Crippen molar-refractivity contribution in [2.75, 3.05) is 5.32 Å². The molecule has 0 aliphatic rings. The number of carbonyl (C=O) groups excluding carboxylic acids is 1. The first kappa shape index (κ1) is 21.9. The molecule has 2 N–H and O–H groups in total. The zero-order valence-corrected chi connectivity index (χ0v) is 17.8. The second-order valence-corrected chi connectivity index (χ2v) is 7.66. The second kappa shape index (κ2) is 10.8. The maximum absolute atomic E-state index is 12.7. The van der Waals surface area contributed by atoms with Crippen molar-refractivity contribution in [3.63, 3.8) is 0 Å². The van der Waals surface area contributed by atoms with Crippen LogP contribution in [0.5, 0.6) is 5.75 Å². The van der Waals surface area contributed by atoms with Gasteiger partial charge in [-0.15, -0.1) is 0 Å². The first-order chi connectivity index (χ1) is 15.1. The van der Waals surface area contributed by atoms with Gasteiger partial charge in [-0.2, -0.15) is 5.26 Å². The molecule has 31 heavy (non-hydrogen) atoms. The molecule has 3 aromatic carbocycles. The normalized spacial score (nSPS) is 11.4. The number of hydrogen-bond donors (Lipinski definition) is 2. The lowest BCUT2D eigenvalue weighted by Gasteiger charge is -2.23. The molecule has 158 valence electrons. The summed E-state index contributed by atoms with van der Waals surface area (Å²) in [4.78, 5) is 12.7. The number of nitriles is 1. The maximum atomic E-state index is 12.7. The molecule has 2 amide bonds. The van der Waals surface area contributed by atoms with E-state index in [4.69, 9.17) is 10.00 Å². The van der Waals surface area contributed by atoms with E-state index in [0.717, 1.165) is 16.7 Å². The smallest absolute Gasteiger partial charge is 0.319 e. The molecule has 0 fully saturated rings. The van der Waals surface area contributed by atoms with Gasteiger partial charge in [0.1, 0.15) is 12.4 Å². The summed E-state index contributed by atoms with van der Waals surface area (Å²) in [6.07, 6.45) is 0.377. The monoisotopic (exact) mass is 413 g/mol. The standard InChI is InChI=1S/C26H27N3O2/c1-19(2)25(21-8-4-3-5-9-21)29-26(30)28-24-11-7-6-10-22(24)18-31-23-14-12-20(13-15-23)16-17-27/h3-15,19,25H,16,18H2,1-2H3,(H2,28,29,30). The fourth-order valence-electron chi connectivity index (χ4n) is 3.32. The highest BCUT2D eigenvalue weighted by molar-refractivity contribution is 5.90. The van der Waals surface area contributed by atoms with E-state index in [0.29, 0.717) is 24.5 Å². The lowest BCUT2D eigenvalue weighted by atomic mass is 9.96. The average Bonchev–Trinajstić information content (AvgIpc) is 2.78. The Balaban J connectivity index is 1.64. The van der Waals surface area contributed by atoms with Crippen LogP contribution < -0.4 is 15.4 Å². The largest absolute Gasteiger partial charge is 0.489 e. The molecule has 0 spiro atoms. The third-order valence-corrected chi connectivity index (χ3v) is 4.98. The van der Waals surface area contributed by atoms with Gasteiger partial charge in [0.05, 0.1) is 18.5 Å². The lowest BCUT2D eigenvalue weighted by molar-refractivity contribution is 0.244. The van der Waals surface area contributed by atoms with E-state index in [1.807, 2.05) is 78.9 Å². The van der Waals surface area contributed by atoms with Crippen LogP contribution in [-0.2, 0) is 13.0 Å². The van der Waals surface area contributed by atoms with Gasteiger partial charge in [-0.05, 0) is 35.2 Å². The predicted molar refractivity (Wildman–Crippen MR) is 123 cm³/mol. The van der Waals surface area contributed by atoms with Crippen LogP contribution in [0.3, 0.4) is 0 Å². The zero-order chi connectivity index (χ0) is 22.1. The molecule has 5 heteroatoms. The molecule has 0 aliphatic carbocycles. The third-order valence-electron chi connectivity index (χ3n) is 4.98. The third kappa shape index (κ3) is 6.35. The van der Waals surface area contributed by atoms with E-state index in [9.17, 15) is 4.79 Å². The molecule has 0 saturated heterocycles. The summed E-state index contributed by atoms with van der Waals surface area (Å²) in [5, 5.41) is 14.8. The number of amides is 2. The maximum Gasteiger partial charge on any atom is 0.319 e. The van der Waals surface area contributed by atoms with Gasteiger partial charge in [-0.25, -0.2) is 4.79 Å². The van der Waals surface area contributed by atoms with Crippen LogP contribution in [0.25, 0.3) is 0 Å². The summed E-state index contributed by atoms with van der Waals surface area (Å²) in [7, 11) is 0. The van der Waals surface area contributed by atoms with Crippen LogP contribution in [0.2, 0.25) is 0 Å². The molecule has 0 bridgehead atoms. The first-order valence-corrected chi connectivity index (χ1v) is 10.4. The number of ether oxygens (including phenoxy) is 1. The summed E-state index contributed by atoms with van der Waals surface area (Å²) in [5.41, 5.74) is 3.60. The number of benzene rings is 3. The Kier molecular flexibility index (Phi) is 7.67. The Morgan fingerprint density at radius 1 is 0.968 bits per heavy atom. The summed E-state index contributed by atoms with van der Waals surface area (Å²) in [6, 6.07) is 26.8. The van der Waals surface area contributed by atoms with Crippen molar-refractivity contribution in [3.8, 4) is 11.8 Å². The van der Waals surface area contributed by atoms with Crippen LogP contribution >= 0.6 is 0 Å². The molecule has 1 unspecified atom stereocenters. The average molecular weight is 414 g/mol. The molecule has 5 nitrogen and oxygen atoms in total. The number of anilines is 1. The highest BCUT2D eigenvalue weighted by atomic mass is 16.5. The van der Waals surface area contributed by atoms with Gasteiger partial charge in [0, 0.05) is 11.3 Å². The molecule has 0 heterocycles. The number of rotatable bonds is 8. The molecule has 3 aromatic rings. The van der Waals surface area contributed by atoms with E-state index in [2.05, 4.69) is 30.6 Å². The van der Waals surface area contributed by atoms with E-state index >= 15 is 0 Å². The van der Waals surface area contributed by atoms with E-state index < -0.39 is 0 Å². The lowest BCUT2D eigenvalue weighted by Crippen LogP contribution is -2.35. The number of carbonyl (C=O) groups is 1. The van der Waals surface area contributed by atoms with Gasteiger partial charge in [-0.3, -0.25) is 0 Å². The number of urea groups is 1. The Hall–Kier alpha value is -3.78. The Labute approximate surface area is 183 Å². The van der Waals surface area contributed by atoms with Crippen molar-refractivity contribution in [3.05, 3.63) is 95.6 Å². The topological polar surface area (TPSA) is 74.2 Å². The van der Waals surface area contributed by atoms with Crippen molar-refractivity contribution in [1.29, 1.82) is 5.26 Å². The second-order valence-electron chi connectivity index (χ2n) is 7.66. The number of para-hydroxylation sites is 1. The van der Waals surface area contributed by atoms with Crippen molar-refractivity contribution < 1.29 is 9.53 Å². The zero-order valence-electron chi connectivity index (χ0n) is 17.8. The van der Waals surface area contributed by atoms with Gasteiger partial charge in [0.2, 0.25) is 0 Å². The van der Waals surface area contributed by atoms with Crippen molar-refractivity contribution in [2.45, 2.75) is 32.9 Å². The summed E-state index contributed by atoms with van der Waals surface area (Å²) in [5.74, 6) is 0.959. The number of nitrogens with one attached hydrogen (secondary N) is 2. The van der Waals surface area contributed by atoms with Crippen molar-refractivity contribution >= 4 is 11.7 Å². The molecule has 0 aliphatic heterocycles. The summed E-state index contributed by atoms with van der Waals surface area (Å²) >= 11 is 0. The van der Waals surface area contributed by atoms with E-state index in [1.54, 1.807) is 0 Å². The highest BCUT2D eigenvalue weighted by Gasteiger charge is 2.18. The predicted octanol–water partition coefficient (Wildman–Crippen LogP) is 5.85. The summed E-state index contributed by atoms with van der Waals surface area (Å²) < 4.78 is 5.88. The molecule has 0 aromatic heterocycles. The van der Waals surface area contributed by atoms with E-state index in [1.165, 1.54) is 0 Å².